The van der Waals surface area contributed by atoms with Crippen LogP contribution in [0.1, 0.15) is 0 Å². The molecule has 0 atom stereocenters. The van der Waals surface area contributed by atoms with Gasteiger partial charge in [-0.2, -0.15) is 0 Å². The molecule has 0 spiro atoms. The average molecular weight is 499 g/mol. The summed E-state index contributed by atoms with van der Waals surface area (Å²) in [5, 5.41) is 5.44. The van der Waals surface area contributed by atoms with E-state index in [9.17, 15) is 0 Å². The fraction of sp³-hybridized carbons (Fsp3) is 0. The van der Waals surface area contributed by atoms with Gasteiger partial charge in [0.05, 0.1) is 0 Å². The van der Waals surface area contributed by atoms with Crippen LogP contribution in [0.3, 0.4) is 0 Å². The van der Waals surface area contributed by atoms with Crippen LogP contribution in [0.25, 0.3) is 63.0 Å². The minimum Gasteiger partial charge on any atom is -0.135 e. The molecule has 0 saturated heterocycles. The summed E-state index contributed by atoms with van der Waals surface area (Å²) in [6.45, 7) is 0. The van der Waals surface area contributed by atoms with Gasteiger partial charge in [0.1, 0.15) is 0 Å². The van der Waals surface area contributed by atoms with Gasteiger partial charge in [-0.25, -0.2) is 0 Å². The Morgan fingerprint density at radius 1 is 0.457 bits per heavy atom. The Hall–Kier alpha value is -3.37. The molecule has 0 fully saturated rings. The average Bonchev–Trinajstić information content (AvgIpc) is 3.54. The Balaban J connectivity index is 1.27. The molecule has 1 aliphatic rings. The quantitative estimate of drug-likeness (QED) is 0.228. The van der Waals surface area contributed by atoms with Gasteiger partial charge in [0.25, 0.3) is 0 Å². The van der Waals surface area contributed by atoms with Gasteiger partial charge in [0, 0.05) is 50.7 Å². The minimum atomic E-state index is 1.29. The fourth-order valence-corrected chi connectivity index (χ4v) is 8.63. The first-order valence-corrected chi connectivity index (χ1v) is 14.1. The number of rotatable bonds is 2. The van der Waals surface area contributed by atoms with E-state index in [-0.39, 0.29) is 0 Å². The van der Waals surface area contributed by atoms with Crippen LogP contribution in [-0.4, -0.2) is 0 Å². The molecule has 35 heavy (non-hydrogen) atoms. The molecule has 7 aromatic rings. The first-order chi connectivity index (χ1) is 17.3. The van der Waals surface area contributed by atoms with E-state index >= 15 is 0 Å². The summed E-state index contributed by atoms with van der Waals surface area (Å²) >= 11 is 5.66. The lowest BCUT2D eigenvalue weighted by atomic mass is 9.96. The van der Waals surface area contributed by atoms with Crippen molar-refractivity contribution in [1.29, 1.82) is 0 Å². The van der Waals surface area contributed by atoms with Crippen molar-refractivity contribution >= 4 is 65.4 Å². The highest BCUT2D eigenvalue weighted by Crippen LogP contribution is 2.49. The highest BCUT2D eigenvalue weighted by Gasteiger charge is 2.20. The molecule has 1 aliphatic heterocycles. The molecular formula is C32H18S3. The van der Waals surface area contributed by atoms with Gasteiger partial charge in [-0.15, -0.1) is 22.7 Å². The minimum absolute atomic E-state index is 1.29. The van der Waals surface area contributed by atoms with Gasteiger partial charge in [0.15, 0.2) is 0 Å². The highest BCUT2D eigenvalue weighted by molar-refractivity contribution is 7.99. The second-order valence-corrected chi connectivity index (χ2v) is 12.2. The molecule has 0 radical (unpaired) electrons. The lowest BCUT2D eigenvalue weighted by Crippen LogP contribution is -1.93. The van der Waals surface area contributed by atoms with E-state index in [1.54, 1.807) is 0 Å². The van der Waals surface area contributed by atoms with Crippen molar-refractivity contribution < 1.29 is 0 Å². The Labute approximate surface area is 215 Å². The maximum absolute atomic E-state index is 2.39. The monoisotopic (exact) mass is 498 g/mol. The molecule has 0 saturated carbocycles. The molecule has 8 rings (SSSR count). The zero-order valence-corrected chi connectivity index (χ0v) is 21.1. The molecule has 0 N–H and O–H groups in total. The van der Waals surface area contributed by atoms with Crippen LogP contribution >= 0.6 is 34.4 Å². The van der Waals surface area contributed by atoms with Crippen molar-refractivity contribution in [2.75, 3.05) is 0 Å². The second kappa shape index (κ2) is 7.56. The Bertz CT molecular complexity index is 1930. The van der Waals surface area contributed by atoms with Crippen LogP contribution in [0, 0.1) is 0 Å². The molecule has 0 aliphatic carbocycles. The van der Waals surface area contributed by atoms with Gasteiger partial charge in [-0.3, -0.25) is 0 Å². The lowest BCUT2D eigenvalue weighted by molar-refractivity contribution is 1.40. The van der Waals surface area contributed by atoms with Crippen LogP contribution in [0.15, 0.2) is 119 Å². The molecule has 0 amide bonds. The number of fused-ring (bicyclic) bond motifs is 5. The van der Waals surface area contributed by atoms with Gasteiger partial charge in [-0.05, 0) is 64.5 Å². The van der Waals surface area contributed by atoms with Crippen LogP contribution in [0.5, 0.6) is 0 Å². The van der Waals surface area contributed by atoms with E-state index in [0.29, 0.717) is 0 Å². The van der Waals surface area contributed by atoms with Crippen molar-refractivity contribution in [1.82, 2.24) is 0 Å². The van der Waals surface area contributed by atoms with E-state index in [1.165, 1.54) is 72.7 Å². The largest absolute Gasteiger partial charge is 0.135 e. The standard InChI is InChI=1S/C32H18S3/c1-2-11-26-22(8-1)32-23(10-5-13-30(32)34-26)27-17-16-25(33-27)20-14-15-28-24(18-20)21-9-3-6-19-7-4-12-29(35-28)31(19)21/h1-18H. The van der Waals surface area contributed by atoms with Crippen LogP contribution in [0.2, 0.25) is 0 Å². The van der Waals surface area contributed by atoms with Crippen LogP contribution in [0.4, 0.5) is 0 Å². The molecule has 0 nitrogen and oxygen atoms in total. The van der Waals surface area contributed by atoms with E-state index < -0.39 is 0 Å². The Morgan fingerprint density at radius 3 is 2.23 bits per heavy atom. The van der Waals surface area contributed by atoms with E-state index in [4.69, 9.17) is 0 Å². The normalized spacial score (nSPS) is 12.5. The third kappa shape index (κ3) is 2.99. The first-order valence-electron chi connectivity index (χ1n) is 11.7. The molecule has 3 heteroatoms. The zero-order valence-electron chi connectivity index (χ0n) is 18.6. The number of hydrogen-bond acceptors (Lipinski definition) is 3. The van der Waals surface area contributed by atoms with Crippen molar-refractivity contribution in [2.45, 2.75) is 9.79 Å². The van der Waals surface area contributed by atoms with E-state index in [1.807, 2.05) is 34.4 Å². The van der Waals surface area contributed by atoms with Crippen LogP contribution < -0.4 is 0 Å². The van der Waals surface area contributed by atoms with Gasteiger partial charge < -0.3 is 0 Å². The van der Waals surface area contributed by atoms with Crippen LogP contribution in [-0.2, 0) is 0 Å². The summed E-state index contributed by atoms with van der Waals surface area (Å²) < 4.78 is 2.71. The first kappa shape index (κ1) is 19.9. The second-order valence-electron chi connectivity index (χ2n) is 8.91. The summed E-state index contributed by atoms with van der Waals surface area (Å²) in [7, 11) is 0. The molecule has 2 aromatic heterocycles. The predicted octanol–water partition coefficient (Wildman–Crippen LogP) is 10.7. The summed E-state index contributed by atoms with van der Waals surface area (Å²) in [4.78, 5) is 5.34. The van der Waals surface area contributed by atoms with Gasteiger partial charge in [-0.1, -0.05) is 78.5 Å². The molecule has 5 aromatic carbocycles. The third-order valence-electron chi connectivity index (χ3n) is 6.91. The summed E-state index contributed by atoms with van der Waals surface area (Å²) in [6, 6.07) is 40.4. The molecule has 0 bridgehead atoms. The molecular weight excluding hydrogens is 481 g/mol. The Morgan fingerprint density at radius 2 is 1.26 bits per heavy atom. The summed E-state index contributed by atoms with van der Waals surface area (Å²) in [6.07, 6.45) is 0. The smallest absolute Gasteiger partial charge is 0.0361 e. The Kier molecular flexibility index (Phi) is 4.30. The molecule has 3 heterocycles. The zero-order chi connectivity index (χ0) is 22.9. The predicted molar refractivity (Wildman–Crippen MR) is 155 cm³/mol. The van der Waals surface area contributed by atoms with E-state index in [0.717, 1.165) is 0 Å². The topological polar surface area (TPSA) is 0 Å². The third-order valence-corrected chi connectivity index (χ3v) is 10.4. The summed E-state index contributed by atoms with van der Waals surface area (Å²) in [5.41, 5.74) is 5.32. The van der Waals surface area contributed by atoms with Crippen molar-refractivity contribution in [3.05, 3.63) is 109 Å². The number of benzene rings is 5. The lowest BCUT2D eigenvalue weighted by Gasteiger charge is -2.20. The fourth-order valence-electron chi connectivity index (χ4n) is 5.34. The highest BCUT2D eigenvalue weighted by atomic mass is 32.2. The van der Waals surface area contributed by atoms with Crippen molar-refractivity contribution in [3.8, 4) is 32.0 Å². The van der Waals surface area contributed by atoms with Gasteiger partial charge >= 0.3 is 0 Å². The van der Waals surface area contributed by atoms with E-state index in [2.05, 4.69) is 109 Å². The summed E-state index contributed by atoms with van der Waals surface area (Å²) in [5.74, 6) is 0. The maximum atomic E-state index is 2.39. The van der Waals surface area contributed by atoms with Gasteiger partial charge in [0.2, 0.25) is 0 Å². The van der Waals surface area contributed by atoms with Crippen molar-refractivity contribution in [2.24, 2.45) is 0 Å². The van der Waals surface area contributed by atoms with Crippen molar-refractivity contribution in [3.63, 3.8) is 0 Å². The number of hydrogen-bond donors (Lipinski definition) is 0. The molecule has 0 unspecified atom stereocenters. The maximum Gasteiger partial charge on any atom is 0.0361 e. The number of thiophene rings is 2. The SMILES string of the molecule is c1cc2c3c(cccc3c1)-c1cc(-c3ccc(-c4cccc5sc6ccccc6c45)s3)ccc1S2. The molecule has 164 valence electrons.